The molecule has 8 heteroatoms. The summed E-state index contributed by atoms with van der Waals surface area (Å²) in [5.74, 6) is 1.02. The van der Waals surface area contributed by atoms with Crippen LogP contribution in [-0.2, 0) is 14.1 Å². The highest BCUT2D eigenvalue weighted by atomic mass is 16.2. The monoisotopic (exact) mass is 327 g/mol. The molecule has 0 aliphatic rings. The normalized spacial score (nSPS) is 12.5. The van der Waals surface area contributed by atoms with E-state index in [2.05, 4.69) is 25.8 Å². The van der Waals surface area contributed by atoms with Gasteiger partial charge in [0.25, 0.3) is 0 Å². The predicted molar refractivity (Wildman–Crippen MR) is 91.5 cm³/mol. The minimum atomic E-state index is -0.296. The van der Waals surface area contributed by atoms with Crippen LogP contribution in [0.4, 0.5) is 10.5 Å². The molecule has 3 rings (SSSR count). The van der Waals surface area contributed by atoms with E-state index in [9.17, 15) is 4.79 Å². The Kier molecular flexibility index (Phi) is 4.20. The first-order valence-electron chi connectivity index (χ1n) is 7.80. The second-order valence-corrected chi connectivity index (χ2v) is 6.08. The zero-order chi connectivity index (χ0) is 17.3. The van der Waals surface area contributed by atoms with E-state index >= 15 is 0 Å². The lowest BCUT2D eigenvalue weighted by molar-refractivity contribution is 0.243. The molecular weight excluding hydrogens is 306 g/mol. The standard InChI is InChI=1S/C16H21N7O/c1-10(2)13(15-17-8-9-22(15)3)19-16(24)18-11-6-5-7-12-14(11)21-23(4)20-12/h5-10,13H,1-4H3,(H2,18,19,24)/t13-/m1/s1. The summed E-state index contributed by atoms with van der Waals surface area (Å²) in [5, 5.41) is 14.4. The molecule has 2 amide bonds. The van der Waals surface area contributed by atoms with Crippen molar-refractivity contribution in [2.75, 3.05) is 5.32 Å². The molecule has 0 saturated carbocycles. The molecule has 8 nitrogen and oxygen atoms in total. The number of hydrogen-bond donors (Lipinski definition) is 2. The average Bonchev–Trinajstić information content (AvgIpc) is 3.10. The van der Waals surface area contributed by atoms with Gasteiger partial charge in [0.2, 0.25) is 0 Å². The van der Waals surface area contributed by atoms with Gasteiger partial charge in [0.15, 0.2) is 0 Å². The van der Waals surface area contributed by atoms with Crippen molar-refractivity contribution in [3.05, 3.63) is 36.4 Å². The van der Waals surface area contributed by atoms with E-state index in [-0.39, 0.29) is 18.0 Å². The van der Waals surface area contributed by atoms with Crippen molar-refractivity contribution < 1.29 is 4.79 Å². The molecule has 0 aliphatic heterocycles. The van der Waals surface area contributed by atoms with E-state index in [1.807, 2.05) is 49.9 Å². The summed E-state index contributed by atoms with van der Waals surface area (Å²) in [6.07, 6.45) is 3.59. The number of rotatable bonds is 4. The molecule has 3 aromatic rings. The fraction of sp³-hybridized carbons (Fsp3) is 0.375. The highest BCUT2D eigenvalue weighted by molar-refractivity contribution is 5.98. The van der Waals surface area contributed by atoms with Crippen molar-refractivity contribution in [1.82, 2.24) is 29.9 Å². The van der Waals surface area contributed by atoms with Crippen LogP contribution >= 0.6 is 0 Å². The fourth-order valence-corrected chi connectivity index (χ4v) is 2.65. The lowest BCUT2D eigenvalue weighted by atomic mass is 10.0. The molecule has 2 N–H and O–H groups in total. The zero-order valence-electron chi connectivity index (χ0n) is 14.2. The average molecular weight is 327 g/mol. The Labute approximate surface area is 139 Å². The van der Waals surface area contributed by atoms with Gasteiger partial charge in [0.05, 0.1) is 11.7 Å². The first kappa shape index (κ1) is 16.0. The van der Waals surface area contributed by atoms with Crippen LogP contribution in [0.5, 0.6) is 0 Å². The number of imidazole rings is 1. The molecule has 0 radical (unpaired) electrons. The Hall–Kier alpha value is -2.90. The van der Waals surface area contributed by atoms with Gasteiger partial charge < -0.3 is 15.2 Å². The lowest BCUT2D eigenvalue weighted by Gasteiger charge is -2.22. The van der Waals surface area contributed by atoms with Gasteiger partial charge in [-0.25, -0.2) is 9.78 Å². The SMILES string of the molecule is CC(C)[C@@H](NC(=O)Nc1cccc2nn(C)nc12)c1nccn1C. The summed E-state index contributed by atoms with van der Waals surface area (Å²) < 4.78 is 1.91. The number of anilines is 1. The van der Waals surface area contributed by atoms with Crippen LogP contribution in [0.25, 0.3) is 11.0 Å². The van der Waals surface area contributed by atoms with E-state index in [1.165, 1.54) is 4.80 Å². The van der Waals surface area contributed by atoms with Gasteiger partial charge in [0, 0.05) is 26.5 Å². The van der Waals surface area contributed by atoms with E-state index in [0.717, 1.165) is 11.3 Å². The number of carbonyl (C=O) groups excluding carboxylic acids is 1. The number of amides is 2. The van der Waals surface area contributed by atoms with Gasteiger partial charge in [-0.05, 0) is 18.1 Å². The zero-order valence-corrected chi connectivity index (χ0v) is 14.2. The molecule has 0 aliphatic carbocycles. The van der Waals surface area contributed by atoms with Crippen molar-refractivity contribution in [3.63, 3.8) is 0 Å². The third-order valence-corrected chi connectivity index (χ3v) is 3.85. The molecule has 2 aromatic heterocycles. The highest BCUT2D eigenvalue weighted by Gasteiger charge is 2.22. The maximum atomic E-state index is 12.5. The predicted octanol–water partition coefficient (Wildman–Crippen LogP) is 2.22. The quantitative estimate of drug-likeness (QED) is 0.769. The van der Waals surface area contributed by atoms with Crippen LogP contribution < -0.4 is 10.6 Å². The number of aryl methyl sites for hydroxylation is 2. The van der Waals surface area contributed by atoms with Gasteiger partial charge >= 0.3 is 6.03 Å². The van der Waals surface area contributed by atoms with Crippen LogP contribution in [0.3, 0.4) is 0 Å². The highest BCUT2D eigenvalue weighted by Crippen LogP contribution is 2.22. The molecule has 0 bridgehead atoms. The van der Waals surface area contributed by atoms with Crippen LogP contribution in [0.1, 0.15) is 25.7 Å². The summed E-state index contributed by atoms with van der Waals surface area (Å²) in [7, 11) is 3.66. The van der Waals surface area contributed by atoms with Crippen LogP contribution in [-0.4, -0.2) is 30.6 Å². The van der Waals surface area contributed by atoms with Gasteiger partial charge in [-0.2, -0.15) is 15.0 Å². The van der Waals surface area contributed by atoms with Crippen molar-refractivity contribution in [2.24, 2.45) is 20.0 Å². The fourth-order valence-electron chi connectivity index (χ4n) is 2.65. The molecular formula is C16H21N7O. The second-order valence-electron chi connectivity index (χ2n) is 6.08. The lowest BCUT2D eigenvalue weighted by Crippen LogP contribution is -2.36. The number of aromatic nitrogens is 5. The summed E-state index contributed by atoms with van der Waals surface area (Å²) in [4.78, 5) is 18.3. The van der Waals surface area contributed by atoms with Crippen molar-refractivity contribution in [2.45, 2.75) is 19.9 Å². The number of nitrogens with zero attached hydrogens (tertiary/aromatic N) is 5. The van der Waals surface area contributed by atoms with Crippen molar-refractivity contribution in [3.8, 4) is 0 Å². The third-order valence-electron chi connectivity index (χ3n) is 3.85. The second kappa shape index (κ2) is 6.31. The summed E-state index contributed by atoms with van der Waals surface area (Å²) in [6, 6.07) is 5.02. The summed E-state index contributed by atoms with van der Waals surface area (Å²) in [5.41, 5.74) is 2.02. The number of nitrogens with one attached hydrogen (secondary N) is 2. The Morgan fingerprint density at radius 3 is 2.67 bits per heavy atom. The number of benzene rings is 1. The third kappa shape index (κ3) is 3.08. The molecule has 0 unspecified atom stereocenters. The van der Waals surface area contributed by atoms with Gasteiger partial charge in [-0.3, -0.25) is 0 Å². The molecule has 1 aromatic carbocycles. The van der Waals surface area contributed by atoms with Crippen LogP contribution in [0.2, 0.25) is 0 Å². The van der Waals surface area contributed by atoms with Crippen LogP contribution in [0.15, 0.2) is 30.6 Å². The number of fused-ring (bicyclic) bond motifs is 1. The Balaban J connectivity index is 1.80. The van der Waals surface area contributed by atoms with Gasteiger partial charge in [-0.15, -0.1) is 0 Å². The first-order chi connectivity index (χ1) is 11.5. The maximum absolute atomic E-state index is 12.5. The van der Waals surface area contributed by atoms with Crippen LogP contribution in [0, 0.1) is 5.92 Å². The van der Waals surface area contributed by atoms with E-state index < -0.39 is 0 Å². The van der Waals surface area contributed by atoms with Crippen molar-refractivity contribution in [1.29, 1.82) is 0 Å². The Morgan fingerprint density at radius 2 is 2.00 bits per heavy atom. The summed E-state index contributed by atoms with van der Waals surface area (Å²) >= 11 is 0. The topological polar surface area (TPSA) is 89.7 Å². The largest absolute Gasteiger partial charge is 0.336 e. The molecule has 24 heavy (non-hydrogen) atoms. The Bertz CT molecular complexity index is 864. The number of carbonyl (C=O) groups is 1. The Morgan fingerprint density at radius 1 is 1.21 bits per heavy atom. The summed E-state index contributed by atoms with van der Waals surface area (Å²) in [6.45, 7) is 4.09. The van der Waals surface area contributed by atoms with E-state index in [1.54, 1.807) is 13.2 Å². The number of hydrogen-bond acceptors (Lipinski definition) is 4. The molecule has 0 spiro atoms. The first-order valence-corrected chi connectivity index (χ1v) is 7.80. The van der Waals surface area contributed by atoms with Gasteiger partial charge in [0.1, 0.15) is 16.9 Å². The molecule has 1 atom stereocenters. The minimum Gasteiger partial charge on any atom is -0.336 e. The minimum absolute atomic E-state index is 0.189. The van der Waals surface area contributed by atoms with Gasteiger partial charge in [-0.1, -0.05) is 19.9 Å². The number of urea groups is 1. The van der Waals surface area contributed by atoms with E-state index in [4.69, 9.17) is 0 Å². The molecule has 0 saturated heterocycles. The molecule has 0 fully saturated rings. The molecule has 126 valence electrons. The van der Waals surface area contributed by atoms with E-state index in [0.29, 0.717) is 11.2 Å². The molecule has 2 heterocycles. The smallest absolute Gasteiger partial charge is 0.319 e. The maximum Gasteiger partial charge on any atom is 0.319 e. The van der Waals surface area contributed by atoms with Crippen molar-refractivity contribution >= 4 is 22.8 Å².